The predicted molar refractivity (Wildman–Crippen MR) is 82.2 cm³/mol. The number of carbonyl (C=O) groups excluding carboxylic acids is 1. The van der Waals surface area contributed by atoms with E-state index in [1.165, 1.54) is 25.7 Å². The van der Waals surface area contributed by atoms with Crippen LogP contribution in [0.2, 0.25) is 0 Å². The van der Waals surface area contributed by atoms with E-state index in [4.69, 9.17) is 10.5 Å². The molecule has 2 fully saturated rings. The van der Waals surface area contributed by atoms with Gasteiger partial charge in [-0.3, -0.25) is 4.79 Å². The molecule has 0 heterocycles. The van der Waals surface area contributed by atoms with E-state index >= 15 is 0 Å². The Kier molecular flexibility index (Phi) is 4.43. The quantitative estimate of drug-likeness (QED) is 0.843. The zero-order valence-electron chi connectivity index (χ0n) is 11.6. The number of benzene rings is 1. The third-order valence-corrected chi connectivity index (χ3v) is 4.48. The van der Waals surface area contributed by atoms with Gasteiger partial charge in [-0.25, -0.2) is 0 Å². The molecule has 2 aliphatic carbocycles. The van der Waals surface area contributed by atoms with Gasteiger partial charge in [0.1, 0.15) is 5.75 Å². The van der Waals surface area contributed by atoms with Crippen LogP contribution in [0.3, 0.4) is 0 Å². The van der Waals surface area contributed by atoms with Crippen LogP contribution >= 0.6 is 12.4 Å². The van der Waals surface area contributed by atoms with Gasteiger partial charge in [-0.15, -0.1) is 12.4 Å². The van der Waals surface area contributed by atoms with Crippen molar-refractivity contribution in [3.63, 3.8) is 0 Å². The highest BCUT2D eigenvalue weighted by atomic mass is 35.5. The summed E-state index contributed by atoms with van der Waals surface area (Å²) in [4.78, 5) is 12.3. The van der Waals surface area contributed by atoms with Crippen molar-refractivity contribution in [3.05, 3.63) is 18.2 Å². The molecule has 0 bridgehead atoms. The van der Waals surface area contributed by atoms with E-state index in [2.05, 4.69) is 5.32 Å². The molecule has 2 unspecified atom stereocenters. The predicted octanol–water partition coefficient (Wildman–Crippen LogP) is 3.07. The highest BCUT2D eigenvalue weighted by Gasteiger charge is 2.54. The Bertz CT molecular complexity index is 495. The summed E-state index contributed by atoms with van der Waals surface area (Å²) in [7, 11) is 1.60. The molecule has 0 spiro atoms. The number of carbonyl (C=O) groups is 1. The molecule has 2 atom stereocenters. The fraction of sp³-hybridized carbons (Fsp3) is 0.533. The summed E-state index contributed by atoms with van der Waals surface area (Å²) in [6, 6.07) is 5.33. The van der Waals surface area contributed by atoms with Crippen molar-refractivity contribution < 1.29 is 9.53 Å². The Balaban J connectivity index is 0.00000147. The maximum absolute atomic E-state index is 12.3. The number of rotatable bonds is 3. The highest BCUT2D eigenvalue weighted by molar-refractivity contribution is 5.97. The Morgan fingerprint density at radius 2 is 1.95 bits per heavy atom. The van der Waals surface area contributed by atoms with Crippen LogP contribution in [0.1, 0.15) is 25.7 Å². The van der Waals surface area contributed by atoms with Crippen LogP contribution in [0, 0.1) is 17.8 Å². The molecule has 5 heteroatoms. The zero-order chi connectivity index (χ0) is 13.4. The average molecular weight is 297 g/mol. The first-order valence-corrected chi connectivity index (χ1v) is 6.95. The van der Waals surface area contributed by atoms with Crippen LogP contribution in [0.5, 0.6) is 5.75 Å². The van der Waals surface area contributed by atoms with E-state index in [-0.39, 0.29) is 24.2 Å². The Morgan fingerprint density at radius 1 is 1.30 bits per heavy atom. The van der Waals surface area contributed by atoms with Crippen molar-refractivity contribution >= 4 is 29.7 Å². The number of fused-ring (bicyclic) bond motifs is 1. The fourth-order valence-electron chi connectivity index (χ4n) is 3.37. The van der Waals surface area contributed by atoms with Crippen molar-refractivity contribution in [1.29, 1.82) is 0 Å². The van der Waals surface area contributed by atoms with Crippen molar-refractivity contribution in [2.24, 2.45) is 17.8 Å². The van der Waals surface area contributed by atoms with Gasteiger partial charge >= 0.3 is 0 Å². The number of nitrogens with two attached hydrogens (primary N) is 1. The molecule has 0 aromatic heterocycles. The molecule has 4 nitrogen and oxygen atoms in total. The van der Waals surface area contributed by atoms with Crippen LogP contribution in [0.15, 0.2) is 18.2 Å². The van der Waals surface area contributed by atoms with Crippen molar-refractivity contribution in [3.8, 4) is 5.75 Å². The second-order valence-corrected chi connectivity index (χ2v) is 5.58. The number of nitrogens with one attached hydrogen (secondary N) is 1. The smallest absolute Gasteiger partial charge is 0.228 e. The van der Waals surface area contributed by atoms with E-state index in [9.17, 15) is 4.79 Å². The van der Waals surface area contributed by atoms with Gasteiger partial charge in [-0.05, 0) is 36.8 Å². The molecular weight excluding hydrogens is 276 g/mol. The van der Waals surface area contributed by atoms with Crippen molar-refractivity contribution in [2.75, 3.05) is 18.2 Å². The lowest BCUT2D eigenvalue weighted by Gasteiger charge is -2.09. The summed E-state index contributed by atoms with van der Waals surface area (Å²) in [5, 5.41) is 2.96. The monoisotopic (exact) mass is 296 g/mol. The minimum absolute atomic E-state index is 0. The zero-order valence-corrected chi connectivity index (χ0v) is 12.4. The number of halogens is 1. The molecule has 2 aliphatic rings. The summed E-state index contributed by atoms with van der Waals surface area (Å²) >= 11 is 0. The number of anilines is 2. The summed E-state index contributed by atoms with van der Waals surface area (Å²) in [6.45, 7) is 0. The van der Waals surface area contributed by atoms with Gasteiger partial charge < -0.3 is 15.8 Å². The van der Waals surface area contributed by atoms with Crippen LogP contribution in [0.25, 0.3) is 0 Å². The van der Waals surface area contributed by atoms with E-state index < -0.39 is 0 Å². The van der Waals surface area contributed by atoms with Gasteiger partial charge in [0.05, 0.1) is 18.5 Å². The lowest BCUT2D eigenvalue weighted by Crippen LogP contribution is -2.16. The first-order chi connectivity index (χ1) is 9.20. The summed E-state index contributed by atoms with van der Waals surface area (Å²) in [5.74, 6) is 2.25. The molecule has 20 heavy (non-hydrogen) atoms. The first kappa shape index (κ1) is 15.0. The maximum Gasteiger partial charge on any atom is 0.228 e. The molecule has 1 aromatic rings. The molecule has 0 radical (unpaired) electrons. The van der Waals surface area contributed by atoms with Gasteiger partial charge in [0.15, 0.2) is 0 Å². The number of methoxy groups -OCH3 is 1. The molecule has 2 saturated carbocycles. The van der Waals surface area contributed by atoms with E-state index in [0.717, 1.165) is 0 Å². The van der Waals surface area contributed by atoms with E-state index in [1.54, 1.807) is 25.3 Å². The first-order valence-electron chi connectivity index (χ1n) is 6.95. The van der Waals surface area contributed by atoms with Crippen molar-refractivity contribution in [2.45, 2.75) is 25.7 Å². The molecule has 3 N–H and O–H groups in total. The molecule has 1 aromatic carbocycles. The highest BCUT2D eigenvalue weighted by Crippen LogP contribution is 2.55. The summed E-state index contributed by atoms with van der Waals surface area (Å²) in [6.07, 6.45) is 4.95. The fourth-order valence-corrected chi connectivity index (χ4v) is 3.37. The minimum atomic E-state index is 0. The van der Waals surface area contributed by atoms with Gasteiger partial charge in [-0.2, -0.15) is 0 Å². The average Bonchev–Trinajstić information content (AvgIpc) is 3.15. The second kappa shape index (κ2) is 5.92. The standard InChI is InChI=1S/C15H20N2O2.ClH/c1-19-9-6-7-12(16)13(8-9)17-15(18)14-10-4-2-3-5-11(10)14;/h6-8,10-11,14H,2-5,16H2,1H3,(H,17,18);1H. The Morgan fingerprint density at radius 3 is 2.55 bits per heavy atom. The summed E-state index contributed by atoms with van der Waals surface area (Å²) in [5.41, 5.74) is 7.13. The van der Waals surface area contributed by atoms with Crippen LogP contribution < -0.4 is 15.8 Å². The number of ether oxygens (including phenoxy) is 1. The van der Waals surface area contributed by atoms with Gasteiger partial charge in [0.2, 0.25) is 5.91 Å². The second-order valence-electron chi connectivity index (χ2n) is 5.58. The van der Waals surface area contributed by atoms with Gasteiger partial charge in [0, 0.05) is 12.0 Å². The number of hydrogen-bond acceptors (Lipinski definition) is 3. The third-order valence-electron chi connectivity index (χ3n) is 4.48. The number of nitrogen functional groups attached to an aromatic ring is 1. The van der Waals surface area contributed by atoms with Gasteiger partial charge in [0.25, 0.3) is 0 Å². The molecule has 110 valence electrons. The number of hydrogen-bond donors (Lipinski definition) is 2. The lowest BCUT2D eigenvalue weighted by molar-refractivity contribution is -0.117. The van der Waals surface area contributed by atoms with Crippen LogP contribution in [0.4, 0.5) is 11.4 Å². The maximum atomic E-state index is 12.3. The Labute approximate surface area is 125 Å². The third kappa shape index (κ3) is 2.70. The molecule has 3 rings (SSSR count). The normalized spacial score (nSPS) is 26.9. The minimum Gasteiger partial charge on any atom is -0.497 e. The van der Waals surface area contributed by atoms with E-state index in [1.807, 2.05) is 0 Å². The lowest BCUT2D eigenvalue weighted by atomic mass is 10.0. The van der Waals surface area contributed by atoms with Crippen molar-refractivity contribution in [1.82, 2.24) is 0 Å². The Hall–Kier alpha value is -1.42. The molecule has 0 saturated heterocycles. The summed E-state index contributed by atoms with van der Waals surface area (Å²) < 4.78 is 5.16. The SMILES string of the molecule is COc1ccc(N)c(NC(=O)C2C3CCCCC32)c1.Cl. The van der Waals surface area contributed by atoms with Crippen LogP contribution in [-0.2, 0) is 4.79 Å². The molecular formula is C15H21ClN2O2. The van der Waals surface area contributed by atoms with Gasteiger partial charge in [-0.1, -0.05) is 12.8 Å². The molecule has 0 aliphatic heterocycles. The topological polar surface area (TPSA) is 64.3 Å². The molecule has 1 amide bonds. The number of amides is 1. The van der Waals surface area contributed by atoms with E-state index in [0.29, 0.717) is 29.0 Å². The van der Waals surface area contributed by atoms with Crippen LogP contribution in [-0.4, -0.2) is 13.0 Å². The largest absolute Gasteiger partial charge is 0.497 e.